The van der Waals surface area contributed by atoms with E-state index < -0.39 is 16.9 Å². The van der Waals surface area contributed by atoms with Crippen LogP contribution >= 0.6 is 31.9 Å². The summed E-state index contributed by atoms with van der Waals surface area (Å²) in [7, 11) is 0. The van der Waals surface area contributed by atoms with Gasteiger partial charge in [0.05, 0.1) is 20.1 Å². The molecule has 3 rings (SSSR count). The minimum Gasteiger partial charge on any atom is -0.487 e. The van der Waals surface area contributed by atoms with Crippen molar-refractivity contribution in [1.29, 1.82) is 0 Å². The third-order valence-corrected chi connectivity index (χ3v) is 5.48. The van der Waals surface area contributed by atoms with Crippen LogP contribution in [-0.4, -0.2) is 22.2 Å². The third-order valence-electron chi connectivity index (χ3n) is 4.30. The Morgan fingerprint density at radius 3 is 2.34 bits per heavy atom. The van der Waals surface area contributed by atoms with Crippen LogP contribution in [0.15, 0.2) is 80.8 Å². The number of halogens is 2. The number of non-ortho nitro benzene ring substituents is 1. The molecule has 3 aromatic carbocycles. The van der Waals surface area contributed by atoms with Crippen LogP contribution in [0.1, 0.15) is 22.8 Å². The number of nitro benzene ring substituents is 1. The van der Waals surface area contributed by atoms with Crippen molar-refractivity contribution < 1.29 is 19.6 Å². The molecule has 0 spiro atoms. The molecule has 32 heavy (non-hydrogen) atoms. The molecule has 0 aliphatic rings. The SMILES string of the molecule is O=C(N/N=C\c1cc(Br)c(OCc2ccc([N+](=O)[O-])cc2)c(Br)c1)[C@H](O)c1ccccc1. The summed E-state index contributed by atoms with van der Waals surface area (Å²) in [6.45, 7) is 0.218. The van der Waals surface area contributed by atoms with Crippen LogP contribution in [0.4, 0.5) is 5.69 Å². The van der Waals surface area contributed by atoms with Gasteiger partial charge in [0.15, 0.2) is 6.10 Å². The van der Waals surface area contributed by atoms with Crippen molar-refractivity contribution in [3.8, 4) is 5.75 Å². The maximum Gasteiger partial charge on any atom is 0.273 e. The summed E-state index contributed by atoms with van der Waals surface area (Å²) in [5.74, 6) is -0.0994. The molecule has 1 amide bonds. The summed E-state index contributed by atoms with van der Waals surface area (Å²) in [5.41, 5.74) is 4.25. The number of nitrogens with zero attached hydrogens (tertiary/aromatic N) is 2. The molecule has 164 valence electrons. The Morgan fingerprint density at radius 1 is 1.12 bits per heavy atom. The van der Waals surface area contributed by atoms with E-state index in [1.165, 1.54) is 18.3 Å². The number of rotatable bonds is 8. The normalized spacial score (nSPS) is 11.8. The zero-order chi connectivity index (χ0) is 23.1. The first-order chi connectivity index (χ1) is 15.3. The molecule has 0 radical (unpaired) electrons. The van der Waals surface area contributed by atoms with E-state index in [9.17, 15) is 20.0 Å². The van der Waals surface area contributed by atoms with E-state index >= 15 is 0 Å². The average molecular weight is 563 g/mol. The van der Waals surface area contributed by atoms with Gasteiger partial charge in [0.2, 0.25) is 0 Å². The predicted octanol–water partition coefficient (Wildman–Crippen LogP) is 4.88. The molecule has 10 heteroatoms. The second-order valence-corrected chi connectivity index (χ2v) is 8.28. The Morgan fingerprint density at radius 2 is 1.75 bits per heavy atom. The molecule has 0 unspecified atom stereocenters. The highest BCUT2D eigenvalue weighted by Crippen LogP contribution is 2.35. The first-order valence-electron chi connectivity index (χ1n) is 9.26. The number of amides is 1. The van der Waals surface area contributed by atoms with Crippen LogP contribution in [0, 0.1) is 10.1 Å². The summed E-state index contributed by atoms with van der Waals surface area (Å²) in [4.78, 5) is 22.3. The maximum absolute atomic E-state index is 12.0. The topological polar surface area (TPSA) is 114 Å². The Labute approximate surface area is 200 Å². The molecular weight excluding hydrogens is 546 g/mol. The highest BCUT2D eigenvalue weighted by atomic mass is 79.9. The van der Waals surface area contributed by atoms with E-state index in [2.05, 4.69) is 42.4 Å². The van der Waals surface area contributed by atoms with Crippen LogP contribution in [0.5, 0.6) is 5.75 Å². The van der Waals surface area contributed by atoms with Crippen LogP contribution in [0.3, 0.4) is 0 Å². The van der Waals surface area contributed by atoms with Gasteiger partial charge in [0.25, 0.3) is 11.6 Å². The van der Waals surface area contributed by atoms with Crippen molar-refractivity contribution in [2.75, 3.05) is 0 Å². The van der Waals surface area contributed by atoms with Gasteiger partial charge in [-0.15, -0.1) is 0 Å². The number of hydrogen-bond donors (Lipinski definition) is 2. The van der Waals surface area contributed by atoms with E-state index in [1.807, 2.05) is 0 Å². The number of hydrazone groups is 1. The number of benzene rings is 3. The van der Waals surface area contributed by atoms with Crippen LogP contribution in [0.2, 0.25) is 0 Å². The van der Waals surface area contributed by atoms with Crippen LogP contribution < -0.4 is 10.2 Å². The molecule has 0 bridgehead atoms. The third kappa shape index (κ3) is 6.22. The molecule has 0 fully saturated rings. The number of ether oxygens (including phenoxy) is 1. The predicted molar refractivity (Wildman–Crippen MR) is 126 cm³/mol. The van der Waals surface area contributed by atoms with Crippen molar-refractivity contribution in [3.63, 3.8) is 0 Å². The van der Waals surface area contributed by atoms with Gasteiger partial charge in [-0.25, -0.2) is 5.43 Å². The minimum absolute atomic E-state index is 0.0168. The number of carbonyl (C=O) groups is 1. The molecular formula is C22H17Br2N3O5. The fourth-order valence-electron chi connectivity index (χ4n) is 2.68. The van der Waals surface area contributed by atoms with Crippen molar-refractivity contribution in [3.05, 3.63) is 102 Å². The summed E-state index contributed by atoms with van der Waals surface area (Å²) in [6.07, 6.45) is 0.118. The number of aliphatic hydroxyl groups is 1. The van der Waals surface area contributed by atoms with Gasteiger partial charge < -0.3 is 9.84 Å². The molecule has 2 N–H and O–H groups in total. The quantitative estimate of drug-likeness (QED) is 0.231. The van der Waals surface area contributed by atoms with Gasteiger partial charge in [-0.05, 0) is 72.8 Å². The minimum atomic E-state index is -1.32. The van der Waals surface area contributed by atoms with Crippen molar-refractivity contribution in [1.82, 2.24) is 5.43 Å². The first-order valence-corrected chi connectivity index (χ1v) is 10.8. The van der Waals surface area contributed by atoms with E-state index in [-0.39, 0.29) is 12.3 Å². The number of carbonyl (C=O) groups excluding carboxylic acids is 1. The fourth-order valence-corrected chi connectivity index (χ4v) is 4.13. The van der Waals surface area contributed by atoms with Crippen LogP contribution in [-0.2, 0) is 11.4 Å². The second kappa shape index (κ2) is 11.0. The highest BCUT2D eigenvalue weighted by Gasteiger charge is 2.16. The highest BCUT2D eigenvalue weighted by molar-refractivity contribution is 9.11. The van der Waals surface area contributed by atoms with Crippen molar-refractivity contribution >= 4 is 49.7 Å². The van der Waals surface area contributed by atoms with Gasteiger partial charge in [-0.1, -0.05) is 30.3 Å². The van der Waals surface area contributed by atoms with Gasteiger partial charge in [-0.2, -0.15) is 5.10 Å². The molecule has 0 saturated heterocycles. The standard InChI is InChI=1S/C22H17Br2N3O5/c23-18-10-15(12-25-26-22(29)20(28)16-4-2-1-3-5-16)11-19(24)21(18)32-13-14-6-8-17(9-7-14)27(30)31/h1-12,20,28H,13H2,(H,26,29)/b25-12-/t20-/m1/s1. The lowest BCUT2D eigenvalue weighted by Crippen LogP contribution is -2.25. The average Bonchev–Trinajstić information content (AvgIpc) is 2.78. The smallest absolute Gasteiger partial charge is 0.273 e. The van der Waals surface area contributed by atoms with Gasteiger partial charge in [0, 0.05) is 12.1 Å². The van der Waals surface area contributed by atoms with E-state index in [0.717, 1.165) is 5.56 Å². The molecule has 0 heterocycles. The summed E-state index contributed by atoms with van der Waals surface area (Å²) in [6, 6.07) is 18.2. The van der Waals surface area contributed by atoms with Crippen molar-refractivity contribution in [2.24, 2.45) is 5.10 Å². The molecule has 0 saturated carbocycles. The fraction of sp³-hybridized carbons (Fsp3) is 0.0909. The monoisotopic (exact) mass is 561 g/mol. The van der Waals surface area contributed by atoms with E-state index in [1.54, 1.807) is 54.6 Å². The van der Waals surface area contributed by atoms with Gasteiger partial charge in [0.1, 0.15) is 12.4 Å². The zero-order valence-electron chi connectivity index (χ0n) is 16.4. The molecule has 0 aliphatic carbocycles. The van der Waals surface area contributed by atoms with E-state index in [0.29, 0.717) is 25.8 Å². The lowest BCUT2D eigenvalue weighted by atomic mass is 10.1. The molecule has 0 aromatic heterocycles. The molecule has 0 aliphatic heterocycles. The summed E-state index contributed by atoms with van der Waals surface area (Å²) >= 11 is 6.89. The van der Waals surface area contributed by atoms with Crippen molar-refractivity contribution in [2.45, 2.75) is 12.7 Å². The van der Waals surface area contributed by atoms with Gasteiger partial charge in [-0.3, -0.25) is 14.9 Å². The molecule has 8 nitrogen and oxygen atoms in total. The lowest BCUT2D eigenvalue weighted by molar-refractivity contribution is -0.384. The largest absolute Gasteiger partial charge is 0.487 e. The second-order valence-electron chi connectivity index (χ2n) is 6.57. The van der Waals surface area contributed by atoms with Gasteiger partial charge >= 0.3 is 0 Å². The number of nitrogens with one attached hydrogen (secondary N) is 1. The molecule has 1 atom stereocenters. The number of aliphatic hydroxyl groups excluding tert-OH is 1. The summed E-state index contributed by atoms with van der Waals surface area (Å²) < 4.78 is 7.11. The first kappa shape index (κ1) is 23.6. The Bertz CT molecular complexity index is 1120. The Kier molecular flexibility index (Phi) is 8.09. The lowest BCUT2D eigenvalue weighted by Gasteiger charge is -2.11. The zero-order valence-corrected chi connectivity index (χ0v) is 19.6. The number of hydrogen-bond acceptors (Lipinski definition) is 6. The van der Waals surface area contributed by atoms with E-state index in [4.69, 9.17) is 4.74 Å². The number of nitro groups is 1. The Hall–Kier alpha value is -3.08. The Balaban J connectivity index is 1.61. The molecule has 3 aromatic rings. The maximum atomic E-state index is 12.0. The summed E-state index contributed by atoms with van der Waals surface area (Å²) in [5, 5.41) is 24.7. The van der Waals surface area contributed by atoms with Crippen LogP contribution in [0.25, 0.3) is 0 Å².